The van der Waals surface area contributed by atoms with Gasteiger partial charge in [0, 0.05) is 27.7 Å². The minimum absolute atomic E-state index is 0.0798. The van der Waals surface area contributed by atoms with Crippen LogP contribution in [0.2, 0.25) is 10.0 Å². The zero-order valence-electron chi connectivity index (χ0n) is 9.34. The van der Waals surface area contributed by atoms with Crippen molar-refractivity contribution < 1.29 is 30.7 Å². The van der Waals surface area contributed by atoms with E-state index in [1.807, 2.05) is 0 Å². The lowest BCUT2D eigenvalue weighted by Gasteiger charge is -2.30. The summed E-state index contributed by atoms with van der Waals surface area (Å²) < 4.78 is 88.9. The molecule has 0 aliphatic rings. The average molecular weight is 344 g/mol. The standard InChI is InChI=1S/C10H6Cl2F7N/c11-6-1-4(2-7(12)5(6)3-20)8(13,9(14,15)16)10(17,18)19/h1-2H,3,20H2. The van der Waals surface area contributed by atoms with E-state index in [2.05, 4.69) is 0 Å². The van der Waals surface area contributed by atoms with E-state index in [0.717, 1.165) is 0 Å². The normalized spacial score (nSPS) is 13.7. The molecular weight excluding hydrogens is 338 g/mol. The summed E-state index contributed by atoms with van der Waals surface area (Å²) in [5.74, 6) is 0. The highest BCUT2D eigenvalue weighted by Gasteiger charge is 2.73. The molecule has 1 aromatic carbocycles. The summed E-state index contributed by atoms with van der Waals surface area (Å²) in [6.45, 7) is -0.324. The third-order valence-electron chi connectivity index (χ3n) is 2.52. The van der Waals surface area contributed by atoms with Crippen molar-refractivity contribution in [3.8, 4) is 0 Å². The molecule has 0 heterocycles. The lowest BCUT2D eigenvalue weighted by atomic mass is 9.93. The zero-order valence-corrected chi connectivity index (χ0v) is 10.9. The molecule has 0 aliphatic carbocycles. The van der Waals surface area contributed by atoms with E-state index in [1.54, 1.807) is 0 Å². The van der Waals surface area contributed by atoms with Gasteiger partial charge in [0.05, 0.1) is 0 Å². The Morgan fingerprint density at radius 1 is 0.850 bits per heavy atom. The van der Waals surface area contributed by atoms with E-state index in [-0.39, 0.29) is 24.2 Å². The van der Waals surface area contributed by atoms with Crippen molar-refractivity contribution in [2.45, 2.75) is 24.6 Å². The Balaban J connectivity index is 3.61. The van der Waals surface area contributed by atoms with Crippen LogP contribution in [0.5, 0.6) is 0 Å². The number of hydrogen-bond donors (Lipinski definition) is 1. The van der Waals surface area contributed by atoms with Crippen LogP contribution in [0.3, 0.4) is 0 Å². The maximum atomic E-state index is 13.7. The van der Waals surface area contributed by atoms with Crippen LogP contribution >= 0.6 is 23.2 Å². The third-order valence-corrected chi connectivity index (χ3v) is 3.20. The topological polar surface area (TPSA) is 26.0 Å². The predicted molar refractivity (Wildman–Crippen MR) is 59.2 cm³/mol. The number of nitrogens with two attached hydrogens (primary N) is 1. The second-order valence-corrected chi connectivity index (χ2v) is 4.59. The number of alkyl halides is 7. The molecule has 0 fully saturated rings. The summed E-state index contributed by atoms with van der Waals surface area (Å²) in [5.41, 5.74) is -2.22. The highest BCUT2D eigenvalue weighted by Crippen LogP contribution is 2.54. The first kappa shape index (κ1) is 17.3. The summed E-state index contributed by atoms with van der Waals surface area (Å²) in [6, 6.07) is 0.438. The van der Waals surface area contributed by atoms with Gasteiger partial charge in [-0.3, -0.25) is 0 Å². The minimum Gasteiger partial charge on any atom is -0.326 e. The van der Waals surface area contributed by atoms with Crippen molar-refractivity contribution in [3.63, 3.8) is 0 Å². The summed E-state index contributed by atoms with van der Waals surface area (Å²) in [5, 5.41) is -1.16. The molecule has 114 valence electrons. The van der Waals surface area contributed by atoms with Crippen molar-refractivity contribution in [2.24, 2.45) is 5.73 Å². The second-order valence-electron chi connectivity index (χ2n) is 3.78. The predicted octanol–water partition coefficient (Wildman–Crippen LogP) is 4.74. The molecule has 0 amide bonds. The molecule has 0 bridgehead atoms. The minimum atomic E-state index is -6.22. The lowest BCUT2D eigenvalue weighted by molar-refractivity contribution is -0.348. The number of benzene rings is 1. The van der Waals surface area contributed by atoms with Crippen LogP contribution in [0, 0.1) is 0 Å². The number of halogens is 9. The van der Waals surface area contributed by atoms with Gasteiger partial charge in [-0.15, -0.1) is 0 Å². The Kier molecular flexibility index (Phi) is 4.53. The van der Waals surface area contributed by atoms with Gasteiger partial charge in [0.15, 0.2) is 0 Å². The van der Waals surface area contributed by atoms with Crippen LogP contribution in [-0.4, -0.2) is 12.4 Å². The number of rotatable bonds is 2. The van der Waals surface area contributed by atoms with Gasteiger partial charge in [0.1, 0.15) is 0 Å². The highest BCUT2D eigenvalue weighted by atomic mass is 35.5. The van der Waals surface area contributed by atoms with Crippen LogP contribution in [0.15, 0.2) is 12.1 Å². The maximum Gasteiger partial charge on any atom is 0.435 e. The van der Waals surface area contributed by atoms with Crippen molar-refractivity contribution in [1.29, 1.82) is 0 Å². The van der Waals surface area contributed by atoms with Gasteiger partial charge in [0.25, 0.3) is 0 Å². The van der Waals surface area contributed by atoms with Gasteiger partial charge < -0.3 is 5.73 Å². The Hall–Kier alpha value is -0.730. The van der Waals surface area contributed by atoms with E-state index in [9.17, 15) is 30.7 Å². The summed E-state index contributed by atoms with van der Waals surface area (Å²) in [7, 11) is 0. The van der Waals surface area contributed by atoms with Gasteiger partial charge in [-0.2, -0.15) is 26.3 Å². The SMILES string of the molecule is NCc1c(Cl)cc(C(F)(C(F)(F)F)C(F)(F)F)cc1Cl. The van der Waals surface area contributed by atoms with E-state index in [0.29, 0.717) is 0 Å². The Morgan fingerprint density at radius 2 is 1.20 bits per heavy atom. The molecule has 1 nitrogen and oxygen atoms in total. The maximum absolute atomic E-state index is 13.7. The van der Waals surface area contributed by atoms with Crippen LogP contribution < -0.4 is 5.73 Å². The smallest absolute Gasteiger partial charge is 0.326 e. The molecule has 0 aromatic heterocycles. The molecular formula is C10H6Cl2F7N. The summed E-state index contributed by atoms with van der Waals surface area (Å²) in [4.78, 5) is 0. The monoisotopic (exact) mass is 343 g/mol. The molecule has 1 rings (SSSR count). The molecule has 1 aromatic rings. The van der Waals surface area contributed by atoms with Gasteiger partial charge in [0.2, 0.25) is 0 Å². The Labute approximate surface area is 118 Å². The first-order valence-electron chi connectivity index (χ1n) is 4.87. The molecule has 0 saturated heterocycles. The van der Waals surface area contributed by atoms with Crippen LogP contribution in [0.1, 0.15) is 11.1 Å². The van der Waals surface area contributed by atoms with Crippen molar-refractivity contribution >= 4 is 23.2 Å². The average Bonchev–Trinajstić information content (AvgIpc) is 2.24. The van der Waals surface area contributed by atoms with Gasteiger partial charge >= 0.3 is 18.0 Å². The molecule has 0 radical (unpaired) electrons. The molecule has 0 atom stereocenters. The summed E-state index contributed by atoms with van der Waals surface area (Å²) in [6.07, 6.45) is -12.4. The first-order valence-corrected chi connectivity index (χ1v) is 5.62. The van der Waals surface area contributed by atoms with Crippen LogP contribution in [0.4, 0.5) is 30.7 Å². The largest absolute Gasteiger partial charge is 0.435 e. The van der Waals surface area contributed by atoms with Gasteiger partial charge in [-0.1, -0.05) is 23.2 Å². The fourth-order valence-electron chi connectivity index (χ4n) is 1.48. The zero-order chi connectivity index (χ0) is 15.9. The van der Waals surface area contributed by atoms with Crippen LogP contribution in [-0.2, 0) is 12.2 Å². The highest BCUT2D eigenvalue weighted by molar-refractivity contribution is 6.36. The second kappa shape index (κ2) is 5.23. The van der Waals surface area contributed by atoms with Crippen molar-refractivity contribution in [3.05, 3.63) is 33.3 Å². The van der Waals surface area contributed by atoms with Gasteiger partial charge in [-0.25, -0.2) is 4.39 Å². The van der Waals surface area contributed by atoms with Gasteiger partial charge in [-0.05, 0) is 12.1 Å². The first-order chi connectivity index (χ1) is 8.86. The fourth-order valence-corrected chi connectivity index (χ4v) is 2.13. The molecule has 0 spiro atoms. The Morgan fingerprint density at radius 3 is 1.45 bits per heavy atom. The van der Waals surface area contributed by atoms with E-state index in [4.69, 9.17) is 28.9 Å². The molecule has 20 heavy (non-hydrogen) atoms. The summed E-state index contributed by atoms with van der Waals surface area (Å²) >= 11 is 11.0. The van der Waals surface area contributed by atoms with Crippen LogP contribution in [0.25, 0.3) is 0 Å². The van der Waals surface area contributed by atoms with E-state index in [1.165, 1.54) is 0 Å². The van der Waals surface area contributed by atoms with Crippen molar-refractivity contribution in [2.75, 3.05) is 0 Å². The van der Waals surface area contributed by atoms with E-state index < -0.39 is 33.6 Å². The fraction of sp³-hybridized carbons (Fsp3) is 0.400. The molecule has 0 aliphatic heterocycles. The number of hydrogen-bond acceptors (Lipinski definition) is 1. The van der Waals surface area contributed by atoms with E-state index >= 15 is 0 Å². The Bertz CT molecular complexity index is 472. The molecule has 0 unspecified atom stereocenters. The lowest BCUT2D eigenvalue weighted by Crippen LogP contribution is -2.50. The molecule has 10 heteroatoms. The molecule has 0 saturated carbocycles. The third kappa shape index (κ3) is 2.68. The molecule has 2 N–H and O–H groups in total. The quantitative estimate of drug-likeness (QED) is 0.771. The van der Waals surface area contributed by atoms with Crippen molar-refractivity contribution in [1.82, 2.24) is 0 Å².